The van der Waals surface area contributed by atoms with Crippen LogP contribution in [0.25, 0.3) is 0 Å². The molecule has 0 aromatic heterocycles. The first-order valence-electron chi connectivity index (χ1n) is 4.69. The van der Waals surface area contributed by atoms with Crippen LogP contribution in [0.5, 0.6) is 5.75 Å². The van der Waals surface area contributed by atoms with Gasteiger partial charge in [0, 0.05) is 12.5 Å². The molecule has 15 heavy (non-hydrogen) atoms. The third-order valence-electron chi connectivity index (χ3n) is 1.87. The van der Waals surface area contributed by atoms with Crippen LogP contribution in [0.2, 0.25) is 5.02 Å². The van der Waals surface area contributed by atoms with Crippen LogP contribution in [0.3, 0.4) is 0 Å². The fourth-order valence-electron chi connectivity index (χ4n) is 0.985. The molecule has 1 rings (SSSR count). The smallest absolute Gasteiger partial charge is 0.145 e. The summed E-state index contributed by atoms with van der Waals surface area (Å²) in [6, 6.07) is 4.26. The zero-order valence-corrected chi connectivity index (χ0v) is 9.51. The molecular weight excluding hydrogens is 219 g/mol. The minimum Gasteiger partial charge on any atom is -0.493 e. The molecule has 0 saturated heterocycles. The molecular formula is C11H14ClFO2. The summed E-state index contributed by atoms with van der Waals surface area (Å²) in [5, 5.41) is 9.49. The van der Waals surface area contributed by atoms with Crippen molar-refractivity contribution < 1.29 is 14.2 Å². The van der Waals surface area contributed by atoms with E-state index in [1.54, 1.807) is 19.9 Å². The molecule has 0 bridgehead atoms. The van der Waals surface area contributed by atoms with Gasteiger partial charge in [0.2, 0.25) is 0 Å². The van der Waals surface area contributed by atoms with Crippen molar-refractivity contribution >= 4 is 11.6 Å². The van der Waals surface area contributed by atoms with E-state index >= 15 is 0 Å². The van der Waals surface area contributed by atoms with Crippen molar-refractivity contribution in [2.24, 2.45) is 0 Å². The average Bonchev–Trinajstić information content (AvgIpc) is 2.09. The lowest BCUT2D eigenvalue weighted by Crippen LogP contribution is -2.21. The number of hydrogen-bond acceptors (Lipinski definition) is 2. The van der Waals surface area contributed by atoms with Gasteiger partial charge in [-0.15, -0.1) is 0 Å². The molecule has 0 aliphatic heterocycles. The first kappa shape index (κ1) is 12.3. The monoisotopic (exact) mass is 232 g/mol. The topological polar surface area (TPSA) is 29.5 Å². The summed E-state index contributed by atoms with van der Waals surface area (Å²) in [4.78, 5) is 0. The molecule has 0 amide bonds. The highest BCUT2D eigenvalue weighted by Gasteiger charge is 2.12. The molecule has 0 saturated carbocycles. The maximum Gasteiger partial charge on any atom is 0.145 e. The summed E-state index contributed by atoms with van der Waals surface area (Å²) >= 11 is 5.52. The van der Waals surface area contributed by atoms with Gasteiger partial charge in [-0.05, 0) is 26.0 Å². The molecule has 4 heteroatoms. The second-order valence-electron chi connectivity index (χ2n) is 3.99. The summed E-state index contributed by atoms with van der Waals surface area (Å²) < 4.78 is 18.2. The molecule has 84 valence electrons. The molecule has 1 N–H and O–H groups in total. The van der Waals surface area contributed by atoms with Gasteiger partial charge >= 0.3 is 0 Å². The highest BCUT2D eigenvalue weighted by atomic mass is 35.5. The predicted molar refractivity (Wildman–Crippen MR) is 57.8 cm³/mol. The van der Waals surface area contributed by atoms with Gasteiger partial charge in [0.05, 0.1) is 17.2 Å². The predicted octanol–water partition coefficient (Wildman–Crippen LogP) is 3.02. The van der Waals surface area contributed by atoms with Crippen molar-refractivity contribution in [3.8, 4) is 5.75 Å². The zero-order valence-electron chi connectivity index (χ0n) is 8.76. The molecule has 0 spiro atoms. The van der Waals surface area contributed by atoms with Crippen LogP contribution < -0.4 is 4.74 Å². The fourth-order valence-corrected chi connectivity index (χ4v) is 1.10. The highest BCUT2D eigenvalue weighted by Crippen LogP contribution is 2.20. The lowest BCUT2D eigenvalue weighted by atomic mass is 10.1. The molecule has 0 aliphatic rings. The van der Waals surface area contributed by atoms with Crippen LogP contribution in [0.1, 0.15) is 20.3 Å². The van der Waals surface area contributed by atoms with E-state index in [9.17, 15) is 9.50 Å². The Kier molecular flexibility index (Phi) is 3.94. The van der Waals surface area contributed by atoms with Crippen molar-refractivity contribution in [1.29, 1.82) is 0 Å². The summed E-state index contributed by atoms with van der Waals surface area (Å²) in [6.45, 7) is 3.72. The van der Waals surface area contributed by atoms with Gasteiger partial charge in [-0.25, -0.2) is 4.39 Å². The third kappa shape index (κ3) is 4.49. The molecule has 0 heterocycles. The Hall–Kier alpha value is -0.800. The van der Waals surface area contributed by atoms with Crippen LogP contribution in [0.15, 0.2) is 18.2 Å². The first-order chi connectivity index (χ1) is 6.88. The average molecular weight is 233 g/mol. The summed E-state index contributed by atoms with van der Waals surface area (Å²) in [7, 11) is 0. The molecule has 0 aliphatic carbocycles. The quantitative estimate of drug-likeness (QED) is 0.865. The number of ether oxygens (including phenoxy) is 1. The van der Waals surface area contributed by atoms with E-state index in [1.807, 2.05) is 0 Å². The van der Waals surface area contributed by atoms with Gasteiger partial charge in [0.1, 0.15) is 11.6 Å². The molecule has 0 fully saturated rings. The molecule has 1 aromatic rings. The standard InChI is InChI=1S/C11H14ClFO2/c1-11(2,14)5-6-15-8-3-4-9(12)10(13)7-8/h3-4,7,14H,5-6H2,1-2H3. The zero-order chi connectivity index (χ0) is 11.5. The van der Waals surface area contributed by atoms with Crippen LogP contribution in [0.4, 0.5) is 4.39 Å². The van der Waals surface area contributed by atoms with E-state index in [4.69, 9.17) is 16.3 Å². The number of benzene rings is 1. The second-order valence-corrected chi connectivity index (χ2v) is 4.39. The Morgan fingerprint density at radius 2 is 2.13 bits per heavy atom. The van der Waals surface area contributed by atoms with Gasteiger partial charge in [-0.3, -0.25) is 0 Å². The van der Waals surface area contributed by atoms with Crippen molar-refractivity contribution in [3.63, 3.8) is 0 Å². The Morgan fingerprint density at radius 3 is 2.67 bits per heavy atom. The first-order valence-corrected chi connectivity index (χ1v) is 5.06. The molecule has 0 radical (unpaired) electrons. The van der Waals surface area contributed by atoms with E-state index < -0.39 is 11.4 Å². The van der Waals surface area contributed by atoms with Gasteiger partial charge < -0.3 is 9.84 Å². The second kappa shape index (κ2) is 4.81. The Morgan fingerprint density at radius 1 is 1.47 bits per heavy atom. The molecule has 0 atom stereocenters. The fraction of sp³-hybridized carbons (Fsp3) is 0.455. The highest BCUT2D eigenvalue weighted by molar-refractivity contribution is 6.30. The van der Waals surface area contributed by atoms with Crippen LogP contribution in [-0.2, 0) is 0 Å². The Balaban J connectivity index is 2.48. The SMILES string of the molecule is CC(C)(O)CCOc1ccc(Cl)c(F)c1. The van der Waals surface area contributed by atoms with Gasteiger partial charge in [0.15, 0.2) is 0 Å². The summed E-state index contributed by atoms with van der Waals surface area (Å²) in [5.41, 5.74) is -0.773. The maximum absolute atomic E-state index is 13.0. The number of hydrogen-bond donors (Lipinski definition) is 1. The van der Waals surface area contributed by atoms with Gasteiger partial charge in [-0.2, -0.15) is 0 Å². The lowest BCUT2D eigenvalue weighted by molar-refractivity contribution is 0.0553. The number of rotatable bonds is 4. The van der Waals surface area contributed by atoms with Gasteiger partial charge in [0.25, 0.3) is 0 Å². The minimum absolute atomic E-state index is 0.0739. The van der Waals surface area contributed by atoms with Crippen molar-refractivity contribution in [1.82, 2.24) is 0 Å². The van der Waals surface area contributed by atoms with Crippen LogP contribution in [0, 0.1) is 5.82 Å². The maximum atomic E-state index is 13.0. The molecule has 1 aromatic carbocycles. The van der Waals surface area contributed by atoms with Crippen LogP contribution in [-0.4, -0.2) is 17.3 Å². The summed E-state index contributed by atoms with van der Waals surface area (Å²) in [5.74, 6) is -0.0847. The molecule has 0 unspecified atom stereocenters. The normalized spacial score (nSPS) is 11.5. The van der Waals surface area contributed by atoms with E-state index in [2.05, 4.69) is 0 Å². The van der Waals surface area contributed by atoms with Crippen molar-refractivity contribution in [3.05, 3.63) is 29.0 Å². The van der Waals surface area contributed by atoms with Crippen molar-refractivity contribution in [2.45, 2.75) is 25.9 Å². The van der Waals surface area contributed by atoms with E-state index in [-0.39, 0.29) is 5.02 Å². The van der Waals surface area contributed by atoms with E-state index in [0.717, 1.165) is 0 Å². The Bertz CT molecular complexity index is 334. The molecule has 2 nitrogen and oxygen atoms in total. The van der Waals surface area contributed by atoms with E-state index in [1.165, 1.54) is 12.1 Å². The van der Waals surface area contributed by atoms with Crippen LogP contribution >= 0.6 is 11.6 Å². The summed E-state index contributed by atoms with van der Waals surface area (Å²) in [6.07, 6.45) is 0.483. The van der Waals surface area contributed by atoms with Crippen molar-refractivity contribution in [2.75, 3.05) is 6.61 Å². The van der Waals surface area contributed by atoms with Gasteiger partial charge in [-0.1, -0.05) is 11.6 Å². The Labute approximate surface area is 93.6 Å². The van der Waals surface area contributed by atoms with E-state index in [0.29, 0.717) is 18.8 Å². The lowest BCUT2D eigenvalue weighted by Gasteiger charge is -2.17. The number of halogens is 2. The minimum atomic E-state index is -0.773. The number of aliphatic hydroxyl groups is 1. The largest absolute Gasteiger partial charge is 0.493 e. The third-order valence-corrected chi connectivity index (χ3v) is 2.18.